The largest absolute Gasteiger partial charge is 0.463 e. The van der Waals surface area contributed by atoms with E-state index in [2.05, 4.69) is 0 Å². The zero-order chi connectivity index (χ0) is 9.84. The summed E-state index contributed by atoms with van der Waals surface area (Å²) in [5.41, 5.74) is 0.619. The average Bonchev–Trinajstić information content (AvgIpc) is 2.59. The van der Waals surface area contributed by atoms with Gasteiger partial charge in [0.1, 0.15) is 18.1 Å². The third kappa shape index (κ3) is 1.98. The number of carbonyl (C=O) groups is 1. The summed E-state index contributed by atoms with van der Waals surface area (Å²) in [6, 6.07) is 1.63. The highest BCUT2D eigenvalue weighted by Crippen LogP contribution is 2.17. The zero-order valence-corrected chi connectivity index (χ0v) is 7.96. The molecule has 0 amide bonds. The molecule has 0 radical (unpaired) electrons. The molecule has 0 aliphatic rings. The molecule has 3 nitrogen and oxygen atoms in total. The monoisotopic (exact) mass is 182 g/mol. The molecule has 1 N–H and O–H groups in total. The molecule has 0 atom stereocenters. The van der Waals surface area contributed by atoms with E-state index in [1.165, 1.54) is 0 Å². The first-order chi connectivity index (χ1) is 6.22. The summed E-state index contributed by atoms with van der Waals surface area (Å²) in [4.78, 5) is 11.4. The number of furan rings is 1. The number of rotatable bonds is 4. The molecule has 0 spiro atoms. The number of aryl methyl sites for hydroxylation is 1. The van der Waals surface area contributed by atoms with Gasteiger partial charge in [-0.15, -0.1) is 0 Å². The molecular formula is C10H14O3. The summed E-state index contributed by atoms with van der Waals surface area (Å²) in [7, 11) is 0. The second-order valence-corrected chi connectivity index (χ2v) is 2.84. The summed E-state index contributed by atoms with van der Waals surface area (Å²) < 4.78 is 5.27. The molecule has 3 heteroatoms. The first kappa shape index (κ1) is 9.99. The number of aliphatic hydroxyl groups excluding tert-OH is 1. The normalized spacial score (nSPS) is 10.4. The maximum Gasteiger partial charge on any atom is 0.166 e. The molecule has 1 rings (SSSR count). The highest BCUT2D eigenvalue weighted by molar-refractivity contribution is 5.96. The van der Waals surface area contributed by atoms with Crippen LogP contribution < -0.4 is 0 Å². The highest BCUT2D eigenvalue weighted by atomic mass is 16.4. The fraction of sp³-hybridized carbons (Fsp3) is 0.500. The number of Topliss-reactive ketones (excluding diaryl/α,β-unsaturated/α-hetero) is 1. The van der Waals surface area contributed by atoms with Gasteiger partial charge in [-0.05, 0) is 6.07 Å². The van der Waals surface area contributed by atoms with Gasteiger partial charge in [-0.2, -0.15) is 0 Å². The lowest BCUT2D eigenvalue weighted by molar-refractivity contribution is 0.0986. The molecule has 0 saturated carbocycles. The Morgan fingerprint density at radius 2 is 2.23 bits per heavy atom. The summed E-state index contributed by atoms with van der Waals surface area (Å²) in [5.74, 6) is 1.21. The molecule has 0 fully saturated rings. The van der Waals surface area contributed by atoms with Crippen molar-refractivity contribution in [2.45, 2.75) is 33.3 Å². The van der Waals surface area contributed by atoms with Crippen molar-refractivity contribution in [3.63, 3.8) is 0 Å². The van der Waals surface area contributed by atoms with Crippen molar-refractivity contribution in [2.75, 3.05) is 0 Å². The third-order valence-corrected chi connectivity index (χ3v) is 1.96. The molecule has 72 valence electrons. The molecule has 0 aliphatic carbocycles. The Morgan fingerprint density at radius 1 is 1.54 bits per heavy atom. The van der Waals surface area contributed by atoms with Crippen molar-refractivity contribution in [1.82, 2.24) is 0 Å². The van der Waals surface area contributed by atoms with Crippen LogP contribution in [0.5, 0.6) is 0 Å². The average molecular weight is 182 g/mol. The second kappa shape index (κ2) is 4.23. The van der Waals surface area contributed by atoms with Crippen LogP contribution in [0.3, 0.4) is 0 Å². The number of aliphatic hydroxyl groups is 1. The maximum absolute atomic E-state index is 11.4. The summed E-state index contributed by atoms with van der Waals surface area (Å²) in [6.45, 7) is 3.59. The van der Waals surface area contributed by atoms with E-state index in [1.807, 2.05) is 13.8 Å². The number of hydrogen-bond acceptors (Lipinski definition) is 3. The molecule has 0 unspecified atom stereocenters. The van der Waals surface area contributed by atoms with Crippen molar-refractivity contribution in [3.8, 4) is 0 Å². The standard InChI is InChI=1S/C10H14O3/c1-3-9(12)8-5-7(6-11)13-10(8)4-2/h5,11H,3-4,6H2,1-2H3. The SMILES string of the molecule is CCC(=O)c1cc(CO)oc1CC. The van der Waals surface area contributed by atoms with Crippen LogP contribution in [0.2, 0.25) is 0 Å². The lowest BCUT2D eigenvalue weighted by Crippen LogP contribution is -1.97. The van der Waals surface area contributed by atoms with Crippen molar-refractivity contribution in [3.05, 3.63) is 23.2 Å². The Labute approximate surface area is 77.4 Å². The smallest absolute Gasteiger partial charge is 0.166 e. The van der Waals surface area contributed by atoms with Crippen molar-refractivity contribution < 1.29 is 14.3 Å². The Kier molecular flexibility index (Phi) is 3.25. The van der Waals surface area contributed by atoms with Crippen molar-refractivity contribution in [2.24, 2.45) is 0 Å². The van der Waals surface area contributed by atoms with Crippen molar-refractivity contribution >= 4 is 5.78 Å². The lowest BCUT2D eigenvalue weighted by atomic mass is 10.1. The van der Waals surface area contributed by atoms with Gasteiger partial charge in [0.15, 0.2) is 5.78 Å². The Hall–Kier alpha value is -1.09. The quantitative estimate of drug-likeness (QED) is 0.724. The molecule has 1 heterocycles. The van der Waals surface area contributed by atoms with Gasteiger partial charge >= 0.3 is 0 Å². The van der Waals surface area contributed by atoms with Crippen LogP contribution in [0, 0.1) is 0 Å². The summed E-state index contributed by atoms with van der Waals surface area (Å²) in [5, 5.41) is 8.82. The molecular weight excluding hydrogens is 168 g/mol. The van der Waals surface area contributed by atoms with E-state index in [-0.39, 0.29) is 12.4 Å². The van der Waals surface area contributed by atoms with Crippen LogP contribution in [0.4, 0.5) is 0 Å². The van der Waals surface area contributed by atoms with Crippen molar-refractivity contribution in [1.29, 1.82) is 0 Å². The highest BCUT2D eigenvalue weighted by Gasteiger charge is 2.14. The van der Waals surface area contributed by atoms with Gasteiger partial charge in [0.05, 0.1) is 5.56 Å². The Bertz CT molecular complexity index is 299. The first-order valence-corrected chi connectivity index (χ1v) is 4.48. The minimum Gasteiger partial charge on any atom is -0.463 e. The first-order valence-electron chi connectivity index (χ1n) is 4.48. The second-order valence-electron chi connectivity index (χ2n) is 2.84. The van der Waals surface area contributed by atoms with Crippen LogP contribution in [0.15, 0.2) is 10.5 Å². The predicted octanol–water partition coefficient (Wildman–Crippen LogP) is 1.93. The number of ketones is 1. The fourth-order valence-corrected chi connectivity index (χ4v) is 1.25. The molecule has 0 aliphatic heterocycles. The van der Waals surface area contributed by atoms with E-state index < -0.39 is 0 Å². The minimum absolute atomic E-state index is 0.0697. The van der Waals surface area contributed by atoms with Crippen LogP contribution in [0.1, 0.15) is 42.1 Å². The zero-order valence-electron chi connectivity index (χ0n) is 7.96. The van der Waals surface area contributed by atoms with Gasteiger partial charge < -0.3 is 9.52 Å². The van der Waals surface area contributed by atoms with Crippen LogP contribution in [-0.4, -0.2) is 10.9 Å². The van der Waals surface area contributed by atoms with E-state index in [1.54, 1.807) is 6.07 Å². The van der Waals surface area contributed by atoms with Crippen LogP contribution in [-0.2, 0) is 13.0 Å². The Balaban J connectivity index is 3.03. The minimum atomic E-state index is -0.149. The van der Waals surface area contributed by atoms with Gasteiger partial charge in [0, 0.05) is 12.8 Å². The maximum atomic E-state index is 11.4. The van der Waals surface area contributed by atoms with E-state index >= 15 is 0 Å². The van der Waals surface area contributed by atoms with Gasteiger partial charge in [-0.1, -0.05) is 13.8 Å². The van der Waals surface area contributed by atoms with E-state index in [0.29, 0.717) is 29.9 Å². The van der Waals surface area contributed by atoms with Gasteiger partial charge in [0.2, 0.25) is 0 Å². The molecule has 0 aromatic carbocycles. The predicted molar refractivity (Wildman–Crippen MR) is 48.6 cm³/mol. The number of hydrogen-bond donors (Lipinski definition) is 1. The molecule has 0 bridgehead atoms. The molecule has 1 aromatic rings. The fourth-order valence-electron chi connectivity index (χ4n) is 1.25. The lowest BCUT2D eigenvalue weighted by Gasteiger charge is -1.94. The van der Waals surface area contributed by atoms with E-state index in [0.717, 1.165) is 0 Å². The summed E-state index contributed by atoms with van der Waals surface area (Å²) in [6.07, 6.45) is 1.15. The van der Waals surface area contributed by atoms with E-state index in [4.69, 9.17) is 9.52 Å². The summed E-state index contributed by atoms with van der Waals surface area (Å²) >= 11 is 0. The van der Waals surface area contributed by atoms with Crippen LogP contribution >= 0.6 is 0 Å². The van der Waals surface area contributed by atoms with Gasteiger partial charge in [-0.25, -0.2) is 0 Å². The van der Waals surface area contributed by atoms with Gasteiger partial charge in [-0.3, -0.25) is 4.79 Å². The third-order valence-electron chi connectivity index (χ3n) is 1.96. The Morgan fingerprint density at radius 3 is 2.69 bits per heavy atom. The molecule has 1 aromatic heterocycles. The van der Waals surface area contributed by atoms with Gasteiger partial charge in [0.25, 0.3) is 0 Å². The molecule has 0 saturated heterocycles. The number of carbonyl (C=O) groups excluding carboxylic acids is 1. The van der Waals surface area contributed by atoms with Crippen LogP contribution in [0.25, 0.3) is 0 Å². The molecule has 13 heavy (non-hydrogen) atoms. The van der Waals surface area contributed by atoms with E-state index in [9.17, 15) is 4.79 Å². The topological polar surface area (TPSA) is 50.4 Å².